The van der Waals surface area contributed by atoms with Crippen LogP contribution < -0.4 is 0 Å². The topological polar surface area (TPSA) is 17.1 Å². The van der Waals surface area contributed by atoms with Crippen molar-refractivity contribution in [2.75, 3.05) is 0 Å². The number of carbonyl (C=O) groups excluding carboxylic acids is 1. The summed E-state index contributed by atoms with van der Waals surface area (Å²) in [4.78, 5) is 11.3. The van der Waals surface area contributed by atoms with Crippen molar-refractivity contribution in [3.8, 4) is 0 Å². The van der Waals surface area contributed by atoms with E-state index >= 15 is 0 Å². The lowest BCUT2D eigenvalue weighted by Crippen LogP contribution is -1.95. The third-order valence-electron chi connectivity index (χ3n) is 4.52. The van der Waals surface area contributed by atoms with Crippen LogP contribution in [-0.4, -0.2) is 5.78 Å². The molecule has 1 aliphatic carbocycles. The highest BCUT2D eigenvalue weighted by Gasteiger charge is 2.23. The number of rotatable bonds is 8. The summed E-state index contributed by atoms with van der Waals surface area (Å²) in [6.07, 6.45) is 12.0. The number of hydrogen-bond acceptors (Lipinski definition) is 1. The van der Waals surface area contributed by atoms with E-state index in [9.17, 15) is 4.79 Å². The monoisotopic (exact) mass is 272 g/mol. The highest BCUT2D eigenvalue weighted by molar-refractivity contribution is 5.81. The van der Waals surface area contributed by atoms with Gasteiger partial charge in [0.15, 0.2) is 0 Å². The van der Waals surface area contributed by atoms with E-state index in [1.54, 1.807) is 0 Å². The molecule has 1 saturated carbocycles. The minimum absolute atomic E-state index is 0.436. The van der Waals surface area contributed by atoms with Gasteiger partial charge in [-0.05, 0) is 36.3 Å². The zero-order valence-electron chi connectivity index (χ0n) is 12.9. The second-order valence-electron chi connectivity index (χ2n) is 6.24. The van der Waals surface area contributed by atoms with Gasteiger partial charge >= 0.3 is 0 Å². The van der Waals surface area contributed by atoms with Gasteiger partial charge in [-0.1, -0.05) is 63.3 Å². The van der Waals surface area contributed by atoms with Gasteiger partial charge < -0.3 is 0 Å². The number of benzene rings is 1. The maximum absolute atomic E-state index is 11.3. The Labute approximate surface area is 123 Å². The van der Waals surface area contributed by atoms with E-state index in [-0.39, 0.29) is 0 Å². The van der Waals surface area contributed by atoms with E-state index in [2.05, 4.69) is 31.2 Å². The Balaban J connectivity index is 1.70. The Kier molecular flexibility index (Phi) is 6.29. The van der Waals surface area contributed by atoms with Crippen LogP contribution in [0.5, 0.6) is 0 Å². The lowest BCUT2D eigenvalue weighted by Gasteiger charge is -2.09. The molecule has 0 aromatic heterocycles. The quantitative estimate of drug-likeness (QED) is 0.577. The van der Waals surface area contributed by atoms with Crippen LogP contribution in [-0.2, 0) is 11.2 Å². The summed E-state index contributed by atoms with van der Waals surface area (Å²) in [6, 6.07) is 9.03. The smallest absolute Gasteiger partial charge is 0.133 e. The van der Waals surface area contributed by atoms with Crippen molar-refractivity contribution < 1.29 is 4.79 Å². The average Bonchev–Trinajstić information content (AvgIpc) is 2.90. The van der Waals surface area contributed by atoms with Gasteiger partial charge in [-0.2, -0.15) is 0 Å². The Morgan fingerprint density at radius 1 is 1.00 bits per heavy atom. The molecule has 0 saturated heterocycles. The van der Waals surface area contributed by atoms with Crippen LogP contribution >= 0.6 is 0 Å². The van der Waals surface area contributed by atoms with E-state index in [0.717, 1.165) is 19.3 Å². The summed E-state index contributed by atoms with van der Waals surface area (Å²) in [6.45, 7) is 2.26. The molecule has 1 aromatic rings. The van der Waals surface area contributed by atoms with Crippen LogP contribution in [0.15, 0.2) is 24.3 Å². The van der Waals surface area contributed by atoms with Crippen LogP contribution in [0, 0.1) is 0 Å². The van der Waals surface area contributed by atoms with Gasteiger partial charge in [-0.3, -0.25) is 4.79 Å². The molecule has 0 radical (unpaired) electrons. The van der Waals surface area contributed by atoms with Gasteiger partial charge in [0.1, 0.15) is 5.78 Å². The second kappa shape index (κ2) is 8.24. The standard InChI is InChI=1S/C19H28O/c1-2-3-4-5-6-7-8-16-9-11-17(12-10-16)18-13-14-19(20)15-18/h9-12,18H,2-8,13-15H2,1H3/t18-/m1/s1. The summed E-state index contributed by atoms with van der Waals surface area (Å²) >= 11 is 0. The molecule has 0 N–H and O–H groups in total. The van der Waals surface area contributed by atoms with Gasteiger partial charge in [-0.25, -0.2) is 0 Å². The molecule has 110 valence electrons. The van der Waals surface area contributed by atoms with Crippen LogP contribution in [0.2, 0.25) is 0 Å². The summed E-state index contributed by atoms with van der Waals surface area (Å²) in [5.74, 6) is 0.928. The summed E-state index contributed by atoms with van der Waals surface area (Å²) in [5.41, 5.74) is 2.82. The van der Waals surface area contributed by atoms with E-state index in [1.165, 1.54) is 56.1 Å². The van der Waals surface area contributed by atoms with Gasteiger partial charge in [0.2, 0.25) is 0 Å². The molecule has 1 fully saturated rings. The fraction of sp³-hybridized carbons (Fsp3) is 0.632. The van der Waals surface area contributed by atoms with Crippen molar-refractivity contribution in [3.63, 3.8) is 0 Å². The molecule has 2 rings (SSSR count). The zero-order chi connectivity index (χ0) is 14.2. The predicted molar refractivity (Wildman–Crippen MR) is 85.1 cm³/mol. The average molecular weight is 272 g/mol. The normalized spacial score (nSPS) is 18.6. The van der Waals surface area contributed by atoms with E-state index < -0.39 is 0 Å². The molecule has 1 heteroatoms. The summed E-state index contributed by atoms with van der Waals surface area (Å²) < 4.78 is 0. The van der Waals surface area contributed by atoms with Crippen LogP contribution in [0.25, 0.3) is 0 Å². The highest BCUT2D eigenvalue weighted by Crippen LogP contribution is 2.32. The maximum atomic E-state index is 11.3. The fourth-order valence-electron chi connectivity index (χ4n) is 3.16. The summed E-state index contributed by atoms with van der Waals surface area (Å²) in [5, 5.41) is 0. The SMILES string of the molecule is CCCCCCCCc1ccc([C@@H]2CCC(=O)C2)cc1. The largest absolute Gasteiger partial charge is 0.300 e. The first-order chi connectivity index (χ1) is 9.79. The fourth-order valence-corrected chi connectivity index (χ4v) is 3.16. The number of Topliss-reactive ketones (excluding diaryl/α,β-unsaturated/α-hetero) is 1. The predicted octanol–water partition coefficient (Wildman–Crippen LogP) is 5.43. The van der Waals surface area contributed by atoms with Crippen molar-refractivity contribution in [3.05, 3.63) is 35.4 Å². The number of carbonyl (C=O) groups is 1. The molecule has 1 nitrogen and oxygen atoms in total. The Bertz CT molecular complexity index is 404. The molecule has 0 aliphatic heterocycles. The number of ketones is 1. The highest BCUT2D eigenvalue weighted by atomic mass is 16.1. The van der Waals surface area contributed by atoms with Crippen molar-refractivity contribution >= 4 is 5.78 Å². The molecular formula is C19H28O. The molecule has 0 spiro atoms. The van der Waals surface area contributed by atoms with E-state index in [4.69, 9.17) is 0 Å². The minimum Gasteiger partial charge on any atom is -0.300 e. The first-order valence-corrected chi connectivity index (χ1v) is 8.40. The van der Waals surface area contributed by atoms with E-state index in [0.29, 0.717) is 11.7 Å². The molecule has 1 aliphatic rings. The number of aryl methyl sites for hydroxylation is 1. The lowest BCUT2D eigenvalue weighted by molar-refractivity contribution is -0.117. The zero-order valence-corrected chi connectivity index (χ0v) is 12.9. The Morgan fingerprint density at radius 3 is 2.35 bits per heavy atom. The summed E-state index contributed by atoms with van der Waals surface area (Å²) in [7, 11) is 0. The maximum Gasteiger partial charge on any atom is 0.133 e. The first-order valence-electron chi connectivity index (χ1n) is 8.40. The Morgan fingerprint density at radius 2 is 1.70 bits per heavy atom. The molecular weight excluding hydrogens is 244 g/mol. The molecule has 1 atom stereocenters. The molecule has 0 unspecified atom stereocenters. The van der Waals surface area contributed by atoms with Gasteiger partial charge in [-0.15, -0.1) is 0 Å². The number of hydrogen-bond donors (Lipinski definition) is 0. The molecule has 0 bridgehead atoms. The molecule has 0 heterocycles. The van der Waals surface area contributed by atoms with Gasteiger partial charge in [0, 0.05) is 12.8 Å². The Hall–Kier alpha value is -1.11. The minimum atomic E-state index is 0.436. The second-order valence-corrected chi connectivity index (χ2v) is 6.24. The molecule has 1 aromatic carbocycles. The molecule has 20 heavy (non-hydrogen) atoms. The van der Waals surface area contributed by atoms with Crippen LogP contribution in [0.1, 0.15) is 81.8 Å². The molecule has 0 amide bonds. The van der Waals surface area contributed by atoms with Crippen molar-refractivity contribution in [1.82, 2.24) is 0 Å². The van der Waals surface area contributed by atoms with E-state index in [1.807, 2.05) is 0 Å². The van der Waals surface area contributed by atoms with Crippen molar-refractivity contribution in [1.29, 1.82) is 0 Å². The third kappa shape index (κ3) is 4.77. The van der Waals surface area contributed by atoms with Gasteiger partial charge in [0.05, 0.1) is 0 Å². The number of unbranched alkanes of at least 4 members (excludes halogenated alkanes) is 5. The van der Waals surface area contributed by atoms with Crippen LogP contribution in [0.4, 0.5) is 0 Å². The van der Waals surface area contributed by atoms with Crippen LogP contribution in [0.3, 0.4) is 0 Å². The lowest BCUT2D eigenvalue weighted by atomic mass is 9.95. The van der Waals surface area contributed by atoms with Crippen molar-refractivity contribution in [2.45, 2.75) is 77.0 Å². The van der Waals surface area contributed by atoms with Gasteiger partial charge in [0.25, 0.3) is 0 Å². The van der Waals surface area contributed by atoms with Crippen molar-refractivity contribution in [2.24, 2.45) is 0 Å². The third-order valence-corrected chi connectivity index (χ3v) is 4.52. The first kappa shape index (κ1) is 15.3.